The van der Waals surface area contributed by atoms with E-state index < -0.39 is 0 Å². The summed E-state index contributed by atoms with van der Waals surface area (Å²) in [5, 5.41) is 3.19. The van der Waals surface area contributed by atoms with E-state index in [1.165, 1.54) is 12.1 Å². The summed E-state index contributed by atoms with van der Waals surface area (Å²) in [5.74, 6) is -0.211. The van der Waals surface area contributed by atoms with Crippen molar-refractivity contribution in [3.63, 3.8) is 0 Å². The number of benzene rings is 2. The smallest absolute Gasteiger partial charge is 0.123 e. The van der Waals surface area contributed by atoms with Crippen LogP contribution in [0.15, 0.2) is 48.5 Å². The summed E-state index contributed by atoms with van der Waals surface area (Å²) in [5.41, 5.74) is 8.19. The molecule has 0 atom stereocenters. The number of rotatable bonds is 3. The first-order chi connectivity index (χ1) is 7.74. The Bertz CT molecular complexity index is 466. The molecule has 0 unspecified atom stereocenters. The van der Waals surface area contributed by atoms with Gasteiger partial charge in [-0.2, -0.15) is 0 Å². The van der Waals surface area contributed by atoms with E-state index in [4.69, 9.17) is 5.73 Å². The van der Waals surface area contributed by atoms with Gasteiger partial charge in [-0.1, -0.05) is 12.1 Å². The van der Waals surface area contributed by atoms with E-state index in [1.54, 1.807) is 6.07 Å². The third kappa shape index (κ3) is 2.73. The van der Waals surface area contributed by atoms with Gasteiger partial charge in [0.15, 0.2) is 0 Å². The fourth-order valence-corrected chi connectivity index (χ4v) is 1.45. The molecule has 16 heavy (non-hydrogen) atoms. The Labute approximate surface area is 93.9 Å². The van der Waals surface area contributed by atoms with Crippen molar-refractivity contribution in [3.8, 4) is 0 Å². The topological polar surface area (TPSA) is 38.0 Å². The molecule has 2 aromatic rings. The van der Waals surface area contributed by atoms with Gasteiger partial charge in [-0.15, -0.1) is 0 Å². The van der Waals surface area contributed by atoms with Crippen molar-refractivity contribution in [2.24, 2.45) is 0 Å². The minimum absolute atomic E-state index is 0.211. The SMILES string of the molecule is Nc1ccc(NCc2cccc(F)c2)cc1. The highest BCUT2D eigenvalue weighted by Gasteiger charge is 1.95. The molecule has 82 valence electrons. The standard InChI is InChI=1S/C13H13FN2/c14-11-3-1-2-10(8-11)9-16-13-6-4-12(15)5-7-13/h1-8,16H,9,15H2. The maximum atomic E-state index is 12.9. The van der Waals surface area contributed by atoms with Gasteiger partial charge in [0.25, 0.3) is 0 Å². The van der Waals surface area contributed by atoms with Gasteiger partial charge < -0.3 is 11.1 Å². The Balaban J connectivity index is 1.99. The number of hydrogen-bond acceptors (Lipinski definition) is 2. The molecule has 0 heterocycles. The Morgan fingerprint density at radius 3 is 2.50 bits per heavy atom. The molecule has 0 aromatic heterocycles. The van der Waals surface area contributed by atoms with Crippen molar-refractivity contribution >= 4 is 11.4 Å². The molecule has 0 amide bonds. The summed E-state index contributed by atoms with van der Waals surface area (Å²) >= 11 is 0. The first-order valence-corrected chi connectivity index (χ1v) is 5.08. The number of nitrogens with two attached hydrogens (primary N) is 1. The fourth-order valence-electron chi connectivity index (χ4n) is 1.45. The number of anilines is 2. The van der Waals surface area contributed by atoms with Crippen molar-refractivity contribution in [2.75, 3.05) is 11.1 Å². The molecule has 0 bridgehead atoms. The normalized spacial score (nSPS) is 10.1. The monoisotopic (exact) mass is 216 g/mol. The summed E-state index contributed by atoms with van der Waals surface area (Å²) in [4.78, 5) is 0. The second-order valence-corrected chi connectivity index (χ2v) is 3.61. The lowest BCUT2D eigenvalue weighted by Gasteiger charge is -2.06. The Kier molecular flexibility index (Phi) is 3.05. The van der Waals surface area contributed by atoms with Crippen molar-refractivity contribution in [1.29, 1.82) is 0 Å². The summed E-state index contributed by atoms with van der Waals surface area (Å²) < 4.78 is 12.9. The van der Waals surface area contributed by atoms with Gasteiger partial charge in [0, 0.05) is 17.9 Å². The van der Waals surface area contributed by atoms with Crippen molar-refractivity contribution < 1.29 is 4.39 Å². The van der Waals surface area contributed by atoms with Crippen LogP contribution < -0.4 is 11.1 Å². The highest BCUT2D eigenvalue weighted by Crippen LogP contribution is 2.12. The molecule has 2 nitrogen and oxygen atoms in total. The predicted molar refractivity (Wildman–Crippen MR) is 64.6 cm³/mol. The minimum Gasteiger partial charge on any atom is -0.399 e. The van der Waals surface area contributed by atoms with Crippen molar-refractivity contribution in [3.05, 3.63) is 59.9 Å². The molecule has 0 spiro atoms. The van der Waals surface area contributed by atoms with Crippen LogP contribution in [0.4, 0.5) is 15.8 Å². The van der Waals surface area contributed by atoms with E-state index in [2.05, 4.69) is 5.32 Å². The number of halogens is 1. The molecule has 0 aliphatic rings. The van der Waals surface area contributed by atoms with Crippen LogP contribution in [0.3, 0.4) is 0 Å². The van der Waals surface area contributed by atoms with E-state index in [0.29, 0.717) is 6.54 Å². The van der Waals surface area contributed by atoms with Gasteiger partial charge in [0.2, 0.25) is 0 Å². The van der Waals surface area contributed by atoms with Gasteiger partial charge in [0.1, 0.15) is 5.82 Å². The minimum atomic E-state index is -0.211. The maximum absolute atomic E-state index is 12.9. The molecular formula is C13H13FN2. The molecule has 0 fully saturated rings. The van der Waals surface area contributed by atoms with E-state index in [9.17, 15) is 4.39 Å². The van der Waals surface area contributed by atoms with Crippen LogP contribution in [0.25, 0.3) is 0 Å². The van der Waals surface area contributed by atoms with E-state index >= 15 is 0 Å². The van der Waals surface area contributed by atoms with Crippen LogP contribution in [-0.4, -0.2) is 0 Å². The lowest BCUT2D eigenvalue weighted by atomic mass is 10.2. The van der Waals surface area contributed by atoms with Crippen LogP contribution in [0.1, 0.15) is 5.56 Å². The zero-order valence-corrected chi connectivity index (χ0v) is 8.78. The van der Waals surface area contributed by atoms with Gasteiger partial charge in [0.05, 0.1) is 0 Å². The molecule has 2 rings (SSSR count). The van der Waals surface area contributed by atoms with Crippen LogP contribution >= 0.6 is 0 Å². The molecule has 3 heteroatoms. The molecule has 3 N–H and O–H groups in total. The summed E-state index contributed by atoms with van der Waals surface area (Å²) in [6, 6.07) is 14.0. The zero-order chi connectivity index (χ0) is 11.4. The van der Waals surface area contributed by atoms with Gasteiger partial charge in [-0.05, 0) is 42.0 Å². The summed E-state index contributed by atoms with van der Waals surface area (Å²) in [6.07, 6.45) is 0. The molecule has 0 aliphatic heterocycles. The highest BCUT2D eigenvalue weighted by atomic mass is 19.1. The molecule has 0 radical (unpaired) electrons. The lowest BCUT2D eigenvalue weighted by molar-refractivity contribution is 0.626. The molecular weight excluding hydrogens is 203 g/mol. The van der Waals surface area contributed by atoms with Crippen LogP contribution in [0, 0.1) is 5.82 Å². The third-order valence-electron chi connectivity index (χ3n) is 2.30. The van der Waals surface area contributed by atoms with E-state index in [-0.39, 0.29) is 5.82 Å². The zero-order valence-electron chi connectivity index (χ0n) is 8.78. The Morgan fingerprint density at radius 2 is 1.81 bits per heavy atom. The quantitative estimate of drug-likeness (QED) is 0.774. The van der Waals surface area contributed by atoms with Crippen molar-refractivity contribution in [2.45, 2.75) is 6.54 Å². The Hall–Kier alpha value is -2.03. The lowest BCUT2D eigenvalue weighted by Crippen LogP contribution is -1.99. The summed E-state index contributed by atoms with van der Waals surface area (Å²) in [6.45, 7) is 0.599. The highest BCUT2D eigenvalue weighted by molar-refractivity contribution is 5.51. The second kappa shape index (κ2) is 4.66. The van der Waals surface area contributed by atoms with Crippen LogP contribution in [-0.2, 0) is 6.54 Å². The molecule has 0 saturated carbocycles. The first-order valence-electron chi connectivity index (χ1n) is 5.08. The van der Waals surface area contributed by atoms with Crippen LogP contribution in [0.2, 0.25) is 0 Å². The number of hydrogen-bond donors (Lipinski definition) is 2. The Morgan fingerprint density at radius 1 is 1.06 bits per heavy atom. The average molecular weight is 216 g/mol. The van der Waals surface area contributed by atoms with Crippen molar-refractivity contribution in [1.82, 2.24) is 0 Å². The number of nitrogen functional groups attached to an aromatic ring is 1. The average Bonchev–Trinajstić information content (AvgIpc) is 2.28. The van der Waals surface area contributed by atoms with Gasteiger partial charge >= 0.3 is 0 Å². The predicted octanol–water partition coefficient (Wildman–Crippen LogP) is 3.02. The maximum Gasteiger partial charge on any atom is 0.123 e. The fraction of sp³-hybridized carbons (Fsp3) is 0.0769. The first kappa shape index (κ1) is 10.5. The van der Waals surface area contributed by atoms with Gasteiger partial charge in [-0.25, -0.2) is 4.39 Å². The van der Waals surface area contributed by atoms with Crippen LogP contribution in [0.5, 0.6) is 0 Å². The molecule has 2 aromatic carbocycles. The second-order valence-electron chi connectivity index (χ2n) is 3.61. The van der Waals surface area contributed by atoms with E-state index in [1.807, 2.05) is 30.3 Å². The van der Waals surface area contributed by atoms with E-state index in [0.717, 1.165) is 16.9 Å². The largest absolute Gasteiger partial charge is 0.399 e. The molecule has 0 aliphatic carbocycles. The van der Waals surface area contributed by atoms with Gasteiger partial charge in [-0.3, -0.25) is 0 Å². The summed E-state index contributed by atoms with van der Waals surface area (Å²) in [7, 11) is 0. The number of nitrogens with one attached hydrogen (secondary N) is 1. The molecule has 0 saturated heterocycles. The third-order valence-corrected chi connectivity index (χ3v) is 2.30.